The number of likely N-dealkylation sites (tertiary alicyclic amines) is 1. The first-order chi connectivity index (χ1) is 14.7. The van der Waals surface area contributed by atoms with E-state index < -0.39 is 0 Å². The number of piperidine rings is 1. The van der Waals surface area contributed by atoms with Gasteiger partial charge < -0.3 is 20.4 Å². The number of hydrogen-bond donors (Lipinski definition) is 3. The number of hydrogen-bond acceptors (Lipinski definition) is 5. The zero-order valence-corrected chi connectivity index (χ0v) is 20.6. The lowest BCUT2D eigenvalue weighted by Crippen LogP contribution is -2.50. The van der Waals surface area contributed by atoms with Gasteiger partial charge in [-0.1, -0.05) is 25.1 Å². The average Bonchev–Trinajstić information content (AvgIpc) is 3.26. The SMILES string of the molecule is CCCNC(=O)CN1CCC(NC(=NC)NCc2coc(-c3ccccc3)n2)CC1.I. The average molecular weight is 540 g/mol. The molecule has 9 heteroatoms. The van der Waals surface area contributed by atoms with Crippen LogP contribution in [0.2, 0.25) is 0 Å². The summed E-state index contributed by atoms with van der Waals surface area (Å²) < 4.78 is 5.58. The van der Waals surface area contributed by atoms with Crippen molar-refractivity contribution in [3.63, 3.8) is 0 Å². The molecule has 0 unspecified atom stereocenters. The summed E-state index contributed by atoms with van der Waals surface area (Å²) in [7, 11) is 1.76. The molecule has 0 radical (unpaired) electrons. The van der Waals surface area contributed by atoms with Gasteiger partial charge in [0.25, 0.3) is 0 Å². The molecule has 1 fully saturated rings. The number of carbonyl (C=O) groups is 1. The lowest BCUT2D eigenvalue weighted by Gasteiger charge is -2.32. The number of nitrogens with one attached hydrogen (secondary N) is 3. The van der Waals surface area contributed by atoms with Crippen LogP contribution in [0.25, 0.3) is 11.5 Å². The summed E-state index contributed by atoms with van der Waals surface area (Å²) in [6.45, 7) is 5.62. The van der Waals surface area contributed by atoms with E-state index in [9.17, 15) is 4.79 Å². The van der Waals surface area contributed by atoms with E-state index in [1.165, 1.54) is 0 Å². The fourth-order valence-electron chi connectivity index (χ4n) is 3.42. The summed E-state index contributed by atoms with van der Waals surface area (Å²) in [5.41, 5.74) is 1.78. The maximum Gasteiger partial charge on any atom is 0.234 e. The summed E-state index contributed by atoms with van der Waals surface area (Å²) in [6, 6.07) is 10.2. The minimum atomic E-state index is 0. The Kier molecular flexibility index (Phi) is 10.8. The van der Waals surface area contributed by atoms with Crippen LogP contribution in [0, 0.1) is 0 Å². The highest BCUT2D eigenvalue weighted by atomic mass is 127. The van der Waals surface area contributed by atoms with Crippen molar-refractivity contribution in [3.05, 3.63) is 42.3 Å². The predicted molar refractivity (Wildman–Crippen MR) is 133 cm³/mol. The third kappa shape index (κ3) is 8.13. The van der Waals surface area contributed by atoms with Crippen LogP contribution in [0.5, 0.6) is 0 Å². The monoisotopic (exact) mass is 540 g/mol. The second-order valence-corrected chi connectivity index (χ2v) is 7.48. The minimum Gasteiger partial charge on any atom is -0.444 e. The molecule has 1 aromatic heterocycles. The number of halogens is 1. The van der Waals surface area contributed by atoms with Crippen LogP contribution in [-0.2, 0) is 11.3 Å². The number of aromatic nitrogens is 1. The lowest BCUT2D eigenvalue weighted by molar-refractivity contribution is -0.122. The van der Waals surface area contributed by atoms with Crippen molar-refractivity contribution in [2.45, 2.75) is 38.8 Å². The first kappa shape index (κ1) is 25.1. The van der Waals surface area contributed by atoms with Crippen LogP contribution in [0.15, 0.2) is 46.0 Å². The molecule has 0 atom stereocenters. The van der Waals surface area contributed by atoms with E-state index in [0.29, 0.717) is 25.0 Å². The first-order valence-electron chi connectivity index (χ1n) is 10.6. The van der Waals surface area contributed by atoms with Crippen LogP contribution in [0.4, 0.5) is 0 Å². The highest BCUT2D eigenvalue weighted by Crippen LogP contribution is 2.17. The molecule has 1 saturated heterocycles. The van der Waals surface area contributed by atoms with E-state index in [4.69, 9.17) is 4.42 Å². The van der Waals surface area contributed by atoms with E-state index in [1.807, 2.05) is 30.3 Å². The van der Waals surface area contributed by atoms with Gasteiger partial charge in [0.05, 0.1) is 18.8 Å². The van der Waals surface area contributed by atoms with Gasteiger partial charge >= 0.3 is 0 Å². The lowest BCUT2D eigenvalue weighted by atomic mass is 10.1. The molecule has 2 heterocycles. The largest absolute Gasteiger partial charge is 0.444 e. The Morgan fingerprint density at radius 1 is 1.23 bits per heavy atom. The van der Waals surface area contributed by atoms with Gasteiger partial charge in [-0.2, -0.15) is 0 Å². The number of amides is 1. The third-order valence-corrected chi connectivity index (χ3v) is 5.10. The number of benzene rings is 1. The molecular formula is C22H33IN6O2. The second kappa shape index (κ2) is 13.3. The molecule has 8 nitrogen and oxygen atoms in total. The van der Waals surface area contributed by atoms with Crippen LogP contribution >= 0.6 is 24.0 Å². The topological polar surface area (TPSA) is 94.8 Å². The van der Waals surface area contributed by atoms with Crippen molar-refractivity contribution in [2.24, 2.45) is 4.99 Å². The number of guanidine groups is 1. The molecule has 1 aliphatic rings. The maximum atomic E-state index is 11.9. The van der Waals surface area contributed by atoms with Crippen molar-refractivity contribution in [3.8, 4) is 11.5 Å². The molecule has 0 bridgehead atoms. The van der Waals surface area contributed by atoms with Gasteiger partial charge in [0.2, 0.25) is 11.8 Å². The Balaban J connectivity index is 0.00000341. The molecule has 1 amide bonds. The van der Waals surface area contributed by atoms with E-state index in [-0.39, 0.29) is 29.9 Å². The Morgan fingerprint density at radius 3 is 2.65 bits per heavy atom. The Morgan fingerprint density at radius 2 is 1.97 bits per heavy atom. The van der Waals surface area contributed by atoms with Crippen molar-refractivity contribution in [1.82, 2.24) is 25.8 Å². The summed E-state index contributed by atoms with van der Waals surface area (Å²) in [5, 5.41) is 9.72. The molecule has 170 valence electrons. The van der Waals surface area contributed by atoms with Gasteiger partial charge in [-0.3, -0.25) is 14.7 Å². The quantitative estimate of drug-likeness (QED) is 0.271. The fraction of sp³-hybridized carbons (Fsp3) is 0.500. The zero-order chi connectivity index (χ0) is 21.2. The van der Waals surface area contributed by atoms with Crippen molar-refractivity contribution in [2.75, 3.05) is 33.2 Å². The minimum absolute atomic E-state index is 0. The van der Waals surface area contributed by atoms with Crippen molar-refractivity contribution in [1.29, 1.82) is 0 Å². The van der Waals surface area contributed by atoms with Crippen molar-refractivity contribution >= 4 is 35.8 Å². The van der Waals surface area contributed by atoms with Crippen LogP contribution in [0.1, 0.15) is 31.9 Å². The molecular weight excluding hydrogens is 507 g/mol. The Labute approximate surface area is 201 Å². The van der Waals surface area contributed by atoms with Gasteiger partial charge in [-0.15, -0.1) is 24.0 Å². The van der Waals surface area contributed by atoms with Crippen LogP contribution in [0.3, 0.4) is 0 Å². The van der Waals surface area contributed by atoms with Gasteiger partial charge in [0.15, 0.2) is 5.96 Å². The van der Waals surface area contributed by atoms with Gasteiger partial charge in [-0.05, 0) is 31.4 Å². The summed E-state index contributed by atoms with van der Waals surface area (Å²) >= 11 is 0. The third-order valence-electron chi connectivity index (χ3n) is 5.10. The molecule has 2 aromatic rings. The Bertz CT molecular complexity index is 818. The van der Waals surface area contributed by atoms with E-state index in [0.717, 1.165) is 56.1 Å². The molecule has 31 heavy (non-hydrogen) atoms. The number of oxazole rings is 1. The number of rotatable bonds is 8. The molecule has 0 aliphatic carbocycles. The molecule has 0 saturated carbocycles. The second-order valence-electron chi connectivity index (χ2n) is 7.48. The number of nitrogens with zero attached hydrogens (tertiary/aromatic N) is 3. The highest BCUT2D eigenvalue weighted by molar-refractivity contribution is 14.0. The molecule has 1 aliphatic heterocycles. The maximum absolute atomic E-state index is 11.9. The highest BCUT2D eigenvalue weighted by Gasteiger charge is 2.21. The van der Waals surface area contributed by atoms with Crippen LogP contribution < -0.4 is 16.0 Å². The molecule has 3 rings (SSSR count). The van der Waals surface area contributed by atoms with Crippen LogP contribution in [-0.4, -0.2) is 61.0 Å². The molecule has 3 N–H and O–H groups in total. The summed E-state index contributed by atoms with van der Waals surface area (Å²) in [5.74, 6) is 1.48. The van der Waals surface area contributed by atoms with Gasteiger partial charge in [0.1, 0.15) is 6.26 Å². The van der Waals surface area contributed by atoms with E-state index in [2.05, 4.69) is 37.8 Å². The normalized spacial score (nSPS) is 15.2. The van der Waals surface area contributed by atoms with E-state index >= 15 is 0 Å². The van der Waals surface area contributed by atoms with Gasteiger partial charge in [0, 0.05) is 38.3 Å². The Hall–Kier alpha value is -2.14. The molecule has 1 aromatic carbocycles. The molecule has 0 spiro atoms. The van der Waals surface area contributed by atoms with E-state index in [1.54, 1.807) is 13.3 Å². The van der Waals surface area contributed by atoms with Crippen molar-refractivity contribution < 1.29 is 9.21 Å². The van der Waals surface area contributed by atoms with Gasteiger partial charge in [-0.25, -0.2) is 4.98 Å². The number of carbonyl (C=O) groups excluding carboxylic acids is 1. The zero-order valence-electron chi connectivity index (χ0n) is 18.3. The standard InChI is InChI=1S/C22H32N6O2.HI/c1-3-11-24-20(29)15-28-12-9-18(10-13-28)27-22(23-2)25-14-19-16-30-21(26-19)17-7-5-4-6-8-17;/h4-8,16,18H,3,9-15H2,1-2H3,(H,24,29)(H2,23,25,27);1H. The summed E-state index contributed by atoms with van der Waals surface area (Å²) in [4.78, 5) is 22.9. The smallest absolute Gasteiger partial charge is 0.234 e. The predicted octanol–water partition coefficient (Wildman–Crippen LogP) is 2.62. The number of aliphatic imine (C=N–C) groups is 1. The fourth-order valence-corrected chi connectivity index (χ4v) is 3.42. The first-order valence-corrected chi connectivity index (χ1v) is 10.6. The summed E-state index contributed by atoms with van der Waals surface area (Å²) in [6.07, 6.45) is 4.59.